The van der Waals surface area contributed by atoms with Crippen LogP contribution >= 0.6 is 11.3 Å². The van der Waals surface area contributed by atoms with Gasteiger partial charge in [-0.2, -0.15) is 0 Å². The van der Waals surface area contributed by atoms with Crippen molar-refractivity contribution in [2.45, 2.75) is 58.4 Å². The molecular weight excluding hydrogens is 540 g/mol. The Morgan fingerprint density at radius 3 is 2.15 bits per heavy atom. The Kier molecular flexibility index (Phi) is 10.3. The number of carbonyl (C=O) groups is 3. The maximum absolute atomic E-state index is 13.0. The topological polar surface area (TPSA) is 150 Å². The summed E-state index contributed by atoms with van der Waals surface area (Å²) in [4.78, 5) is 41.4. The first kappa shape index (κ1) is 29.9. The highest BCUT2D eigenvalue weighted by Gasteiger charge is 2.19. The Balaban J connectivity index is 1.64. The number of hydrogen-bond donors (Lipinski definition) is 3. The van der Waals surface area contributed by atoms with Gasteiger partial charge in [-0.05, 0) is 62.4 Å². The van der Waals surface area contributed by atoms with Crippen LogP contribution in [0.5, 0.6) is 0 Å². The van der Waals surface area contributed by atoms with Gasteiger partial charge >= 0.3 is 6.09 Å². The molecular formula is C27H31N4O6S2-. The van der Waals surface area contributed by atoms with Crippen LogP contribution < -0.4 is 16.0 Å². The molecule has 0 aliphatic heterocycles. The number of nitrogens with one attached hydrogen (secondary N) is 3. The fraction of sp³-hybridized carbons (Fsp3) is 0.333. The Bertz CT molecular complexity index is 1330. The van der Waals surface area contributed by atoms with E-state index < -0.39 is 22.8 Å². The van der Waals surface area contributed by atoms with Crippen LogP contribution in [0.3, 0.4) is 0 Å². The number of carbonyl (C=O) groups excluding carboxylic acids is 3. The van der Waals surface area contributed by atoms with E-state index in [1.165, 1.54) is 6.92 Å². The van der Waals surface area contributed by atoms with Crippen LogP contribution in [0.25, 0.3) is 0 Å². The quantitative estimate of drug-likeness (QED) is 0.302. The Morgan fingerprint density at radius 1 is 0.949 bits per heavy atom. The van der Waals surface area contributed by atoms with Crippen molar-refractivity contribution < 1.29 is 27.9 Å². The summed E-state index contributed by atoms with van der Waals surface area (Å²) in [5, 5.41) is 8.54. The molecule has 3 amide bonds. The number of hydrogen-bond acceptors (Lipinski definition) is 8. The highest BCUT2D eigenvalue weighted by Crippen LogP contribution is 2.25. The van der Waals surface area contributed by atoms with Gasteiger partial charge in [0.1, 0.15) is 10.5 Å². The standard InChI is InChI=1S/C27H32N4O6S2/c1-17(32)29-25-31-22(14-11-18-9-12-21(13-10-18)30-26(34)37-27(2,3)4)23(38-25)24(33)28-15-19-5-7-20(8-6-19)16-39(35)36/h5-10,12-13H,11,14-16H2,1-4H3,(H,28,33)(H,30,34)(H,35,36)(H,29,31,32)/p-1. The normalized spacial score (nSPS) is 11.9. The van der Waals surface area contributed by atoms with E-state index in [9.17, 15) is 23.1 Å². The molecule has 3 rings (SSSR count). The molecule has 0 aliphatic carbocycles. The largest absolute Gasteiger partial charge is 0.772 e. The summed E-state index contributed by atoms with van der Waals surface area (Å²) in [6, 6.07) is 14.2. The fourth-order valence-electron chi connectivity index (χ4n) is 3.49. The first-order valence-electron chi connectivity index (χ1n) is 12.2. The van der Waals surface area contributed by atoms with E-state index >= 15 is 0 Å². The molecule has 0 fully saturated rings. The molecule has 0 bridgehead atoms. The summed E-state index contributed by atoms with van der Waals surface area (Å²) < 4.78 is 27.0. The minimum atomic E-state index is -2.16. The lowest BCUT2D eigenvalue weighted by Gasteiger charge is -2.19. The van der Waals surface area contributed by atoms with Crippen LogP contribution in [0, 0.1) is 0 Å². The van der Waals surface area contributed by atoms with Crippen molar-refractivity contribution >= 4 is 51.1 Å². The van der Waals surface area contributed by atoms with Crippen molar-refractivity contribution in [2.75, 3.05) is 10.6 Å². The molecule has 208 valence electrons. The third-order valence-electron chi connectivity index (χ3n) is 5.20. The lowest BCUT2D eigenvalue weighted by Crippen LogP contribution is -2.27. The zero-order valence-electron chi connectivity index (χ0n) is 22.2. The van der Waals surface area contributed by atoms with Gasteiger partial charge in [0.05, 0.1) is 5.69 Å². The fourth-order valence-corrected chi connectivity index (χ4v) is 4.93. The molecule has 0 radical (unpaired) electrons. The van der Waals surface area contributed by atoms with Gasteiger partial charge in [-0.15, -0.1) is 0 Å². The van der Waals surface area contributed by atoms with Crippen molar-refractivity contribution in [1.82, 2.24) is 10.3 Å². The second-order valence-corrected chi connectivity index (χ2v) is 11.6. The predicted octanol–water partition coefficient (Wildman–Crippen LogP) is 4.54. The third-order valence-corrected chi connectivity index (χ3v) is 6.78. The number of benzene rings is 2. The second kappa shape index (κ2) is 13.5. The van der Waals surface area contributed by atoms with E-state index in [0.717, 1.165) is 22.5 Å². The maximum atomic E-state index is 13.0. The zero-order valence-corrected chi connectivity index (χ0v) is 23.8. The van der Waals surface area contributed by atoms with Gasteiger partial charge in [0.25, 0.3) is 5.91 Å². The summed E-state index contributed by atoms with van der Waals surface area (Å²) in [6.45, 7) is 7.00. The van der Waals surface area contributed by atoms with Crippen molar-refractivity contribution in [1.29, 1.82) is 0 Å². The highest BCUT2D eigenvalue weighted by atomic mass is 32.2. The van der Waals surface area contributed by atoms with Gasteiger partial charge in [-0.25, -0.2) is 9.78 Å². The molecule has 0 saturated heterocycles. The molecule has 3 aromatic rings. The van der Waals surface area contributed by atoms with Gasteiger partial charge in [-0.3, -0.25) is 19.1 Å². The number of amides is 3. The van der Waals surface area contributed by atoms with Gasteiger partial charge in [0.15, 0.2) is 5.13 Å². The molecule has 12 heteroatoms. The van der Waals surface area contributed by atoms with Gasteiger partial charge < -0.3 is 19.9 Å². The predicted molar refractivity (Wildman–Crippen MR) is 150 cm³/mol. The van der Waals surface area contributed by atoms with E-state index in [4.69, 9.17) is 4.74 Å². The van der Waals surface area contributed by atoms with Crippen molar-refractivity contribution in [2.24, 2.45) is 0 Å². The minimum absolute atomic E-state index is 0.0637. The lowest BCUT2D eigenvalue weighted by atomic mass is 10.1. The van der Waals surface area contributed by atoms with E-state index in [1.807, 2.05) is 12.1 Å². The van der Waals surface area contributed by atoms with E-state index in [2.05, 4.69) is 20.9 Å². The number of ether oxygens (including phenoxy) is 1. The second-order valence-electron chi connectivity index (χ2n) is 9.75. The molecule has 0 spiro atoms. The summed E-state index contributed by atoms with van der Waals surface area (Å²) in [5.41, 5.74) is 3.02. The molecule has 10 nitrogen and oxygen atoms in total. The number of anilines is 2. The van der Waals surface area contributed by atoms with Crippen LogP contribution in [-0.4, -0.2) is 37.3 Å². The number of thiazole rings is 1. The van der Waals surface area contributed by atoms with Gasteiger partial charge in [0.2, 0.25) is 5.91 Å². The van der Waals surface area contributed by atoms with E-state index in [0.29, 0.717) is 39.8 Å². The highest BCUT2D eigenvalue weighted by molar-refractivity contribution is 7.78. The Hall–Kier alpha value is -3.61. The summed E-state index contributed by atoms with van der Waals surface area (Å²) >= 11 is -1.06. The maximum Gasteiger partial charge on any atom is 0.412 e. The summed E-state index contributed by atoms with van der Waals surface area (Å²) in [6.07, 6.45) is 0.506. The molecule has 1 aromatic heterocycles. The smallest absolute Gasteiger partial charge is 0.412 e. The molecule has 1 unspecified atom stereocenters. The van der Waals surface area contributed by atoms with Crippen molar-refractivity contribution in [3.05, 3.63) is 75.8 Å². The van der Waals surface area contributed by atoms with Gasteiger partial charge in [-0.1, -0.05) is 58.8 Å². The molecule has 1 heterocycles. The van der Waals surface area contributed by atoms with Crippen LogP contribution in [0.2, 0.25) is 0 Å². The Morgan fingerprint density at radius 2 is 1.56 bits per heavy atom. The summed E-state index contributed by atoms with van der Waals surface area (Å²) in [7, 11) is 0. The number of aromatic nitrogens is 1. The monoisotopic (exact) mass is 571 g/mol. The minimum Gasteiger partial charge on any atom is -0.772 e. The zero-order chi connectivity index (χ0) is 28.6. The van der Waals surface area contributed by atoms with Crippen LogP contribution in [-0.2, 0) is 45.8 Å². The lowest BCUT2D eigenvalue weighted by molar-refractivity contribution is -0.114. The molecule has 2 aromatic carbocycles. The molecule has 39 heavy (non-hydrogen) atoms. The average molecular weight is 572 g/mol. The molecule has 0 saturated carbocycles. The summed E-state index contributed by atoms with van der Waals surface area (Å²) in [5.74, 6) is -0.665. The van der Waals surface area contributed by atoms with Crippen LogP contribution in [0.15, 0.2) is 48.5 Å². The Labute approximate surface area is 233 Å². The first-order valence-corrected chi connectivity index (χ1v) is 14.2. The van der Waals surface area contributed by atoms with E-state index in [1.54, 1.807) is 57.2 Å². The SMILES string of the molecule is CC(=O)Nc1nc(CCc2ccc(NC(=O)OC(C)(C)C)cc2)c(C(=O)NCc2ccc(CS(=O)[O-])cc2)s1. The van der Waals surface area contributed by atoms with Crippen LogP contribution in [0.1, 0.15) is 59.8 Å². The molecule has 0 aliphatic rings. The number of rotatable bonds is 10. The van der Waals surface area contributed by atoms with E-state index in [-0.39, 0.29) is 24.1 Å². The first-order chi connectivity index (χ1) is 18.4. The van der Waals surface area contributed by atoms with Gasteiger partial charge in [0, 0.05) is 24.9 Å². The van der Waals surface area contributed by atoms with Crippen molar-refractivity contribution in [3.63, 3.8) is 0 Å². The molecule has 1 atom stereocenters. The molecule has 3 N–H and O–H groups in total. The number of nitrogens with zero attached hydrogens (tertiary/aromatic N) is 1. The van der Waals surface area contributed by atoms with Crippen molar-refractivity contribution in [3.8, 4) is 0 Å². The van der Waals surface area contributed by atoms with Crippen LogP contribution in [0.4, 0.5) is 15.6 Å². The third kappa shape index (κ3) is 10.2. The number of aryl methyl sites for hydroxylation is 2. The average Bonchev–Trinajstić information content (AvgIpc) is 3.23.